The zero-order valence-corrected chi connectivity index (χ0v) is 12.4. The van der Waals surface area contributed by atoms with Crippen molar-refractivity contribution >= 4 is 5.91 Å². The summed E-state index contributed by atoms with van der Waals surface area (Å²) < 4.78 is 0. The van der Waals surface area contributed by atoms with Crippen molar-refractivity contribution in [3.05, 3.63) is 0 Å². The Morgan fingerprint density at radius 2 is 2.00 bits per heavy atom. The Labute approximate surface area is 111 Å². The molecule has 1 atom stereocenters. The molecule has 0 bridgehead atoms. The Kier molecular flexibility index (Phi) is 6.09. The zero-order chi connectivity index (χ0) is 13.6. The maximum atomic E-state index is 11.7. The highest BCUT2D eigenvalue weighted by atomic mass is 16.1. The van der Waals surface area contributed by atoms with Crippen molar-refractivity contribution < 1.29 is 4.79 Å². The van der Waals surface area contributed by atoms with E-state index >= 15 is 0 Å². The molecule has 0 aromatic carbocycles. The number of carbonyl (C=O) groups excluding carboxylic acids is 1. The fraction of sp³-hybridized carbons (Fsp3) is 0.929. The molecule has 1 rings (SSSR count). The van der Waals surface area contributed by atoms with E-state index in [1.54, 1.807) is 0 Å². The predicted octanol–water partition coefficient (Wildman–Crippen LogP) is 1.37. The van der Waals surface area contributed by atoms with Crippen molar-refractivity contribution in [1.29, 1.82) is 0 Å². The first-order valence-corrected chi connectivity index (χ1v) is 7.10. The minimum absolute atomic E-state index is 0.123. The van der Waals surface area contributed by atoms with Crippen LogP contribution in [0.3, 0.4) is 0 Å². The van der Waals surface area contributed by atoms with Crippen molar-refractivity contribution in [2.45, 2.75) is 58.0 Å². The van der Waals surface area contributed by atoms with Gasteiger partial charge in [0.1, 0.15) is 0 Å². The molecule has 1 unspecified atom stereocenters. The summed E-state index contributed by atoms with van der Waals surface area (Å²) in [7, 11) is 2.18. The molecule has 1 aliphatic heterocycles. The molecule has 0 aromatic rings. The Hall–Kier alpha value is -0.610. The average molecular weight is 255 g/mol. The van der Waals surface area contributed by atoms with E-state index in [1.165, 1.54) is 25.8 Å². The third-order valence-electron chi connectivity index (χ3n) is 3.25. The second kappa shape index (κ2) is 7.10. The van der Waals surface area contributed by atoms with Crippen molar-refractivity contribution in [3.63, 3.8) is 0 Å². The minimum atomic E-state index is -0.123. The maximum absolute atomic E-state index is 11.7. The monoisotopic (exact) mass is 255 g/mol. The van der Waals surface area contributed by atoms with Gasteiger partial charge in [0.25, 0.3) is 0 Å². The van der Waals surface area contributed by atoms with Gasteiger partial charge in [-0.2, -0.15) is 0 Å². The average Bonchev–Trinajstić information content (AvgIpc) is 2.41. The van der Waals surface area contributed by atoms with Crippen molar-refractivity contribution in [2.24, 2.45) is 0 Å². The smallest absolute Gasteiger partial charge is 0.221 e. The van der Waals surface area contributed by atoms with Crippen molar-refractivity contribution in [1.82, 2.24) is 15.5 Å². The van der Waals surface area contributed by atoms with E-state index in [0.29, 0.717) is 12.5 Å². The van der Waals surface area contributed by atoms with Crippen LogP contribution in [0, 0.1) is 0 Å². The number of carbonyl (C=O) groups is 1. The topological polar surface area (TPSA) is 44.4 Å². The van der Waals surface area contributed by atoms with E-state index in [2.05, 4.69) is 22.6 Å². The molecule has 18 heavy (non-hydrogen) atoms. The summed E-state index contributed by atoms with van der Waals surface area (Å²) in [5, 5.41) is 6.50. The Morgan fingerprint density at radius 3 is 2.67 bits per heavy atom. The first-order chi connectivity index (χ1) is 8.37. The molecule has 106 valence electrons. The van der Waals surface area contributed by atoms with E-state index in [-0.39, 0.29) is 11.4 Å². The van der Waals surface area contributed by atoms with Crippen LogP contribution in [-0.4, -0.2) is 49.1 Å². The molecule has 2 N–H and O–H groups in total. The zero-order valence-electron chi connectivity index (χ0n) is 12.4. The lowest BCUT2D eigenvalue weighted by molar-refractivity contribution is -0.122. The summed E-state index contributed by atoms with van der Waals surface area (Å²) in [6.45, 7) is 9.18. The summed E-state index contributed by atoms with van der Waals surface area (Å²) >= 11 is 0. The van der Waals surface area contributed by atoms with Gasteiger partial charge >= 0.3 is 0 Å². The van der Waals surface area contributed by atoms with Crippen LogP contribution in [0.15, 0.2) is 0 Å². The standard InChI is InChI=1S/C14H29N3O/c1-14(2,3)16-13(18)7-9-15-12-6-5-10-17(4)11-8-12/h12,15H,5-11H2,1-4H3,(H,16,18). The highest BCUT2D eigenvalue weighted by molar-refractivity contribution is 5.76. The molecule has 1 fully saturated rings. The molecule has 1 saturated heterocycles. The van der Waals surface area contributed by atoms with E-state index in [1.807, 2.05) is 20.8 Å². The molecule has 0 saturated carbocycles. The molecule has 1 aliphatic rings. The van der Waals surface area contributed by atoms with Crippen LogP contribution in [0.4, 0.5) is 0 Å². The van der Waals surface area contributed by atoms with Crippen LogP contribution in [0.25, 0.3) is 0 Å². The fourth-order valence-corrected chi connectivity index (χ4v) is 2.31. The van der Waals surface area contributed by atoms with Crippen LogP contribution in [-0.2, 0) is 4.79 Å². The van der Waals surface area contributed by atoms with Crippen LogP contribution in [0.1, 0.15) is 46.5 Å². The van der Waals surface area contributed by atoms with E-state index < -0.39 is 0 Å². The summed E-state index contributed by atoms with van der Waals surface area (Å²) in [6, 6.07) is 0.581. The summed E-state index contributed by atoms with van der Waals surface area (Å²) in [5.74, 6) is 0.140. The number of hydrogen-bond acceptors (Lipinski definition) is 3. The lowest BCUT2D eigenvalue weighted by Crippen LogP contribution is -2.42. The second-order valence-corrected chi connectivity index (χ2v) is 6.43. The van der Waals surface area contributed by atoms with Gasteiger partial charge in [0, 0.05) is 24.5 Å². The van der Waals surface area contributed by atoms with Gasteiger partial charge in [0.05, 0.1) is 0 Å². The van der Waals surface area contributed by atoms with Gasteiger partial charge in [-0.15, -0.1) is 0 Å². The molecule has 0 aliphatic carbocycles. The van der Waals surface area contributed by atoms with Gasteiger partial charge in [0.15, 0.2) is 0 Å². The number of rotatable bonds is 4. The van der Waals surface area contributed by atoms with E-state index in [4.69, 9.17) is 0 Å². The van der Waals surface area contributed by atoms with Crippen LogP contribution in [0.5, 0.6) is 0 Å². The molecule has 0 aromatic heterocycles. The van der Waals surface area contributed by atoms with E-state index in [9.17, 15) is 4.79 Å². The van der Waals surface area contributed by atoms with Crippen molar-refractivity contribution in [2.75, 3.05) is 26.7 Å². The quantitative estimate of drug-likeness (QED) is 0.797. The van der Waals surface area contributed by atoms with Gasteiger partial charge in [-0.3, -0.25) is 4.79 Å². The summed E-state index contributed by atoms with van der Waals surface area (Å²) in [4.78, 5) is 14.0. The molecule has 1 heterocycles. The second-order valence-electron chi connectivity index (χ2n) is 6.43. The van der Waals surface area contributed by atoms with Crippen LogP contribution < -0.4 is 10.6 Å². The fourth-order valence-electron chi connectivity index (χ4n) is 2.31. The third kappa shape index (κ3) is 6.97. The van der Waals surface area contributed by atoms with Gasteiger partial charge in [-0.25, -0.2) is 0 Å². The molecule has 0 spiro atoms. The van der Waals surface area contributed by atoms with Gasteiger partial charge < -0.3 is 15.5 Å². The Balaban J connectivity index is 2.15. The lowest BCUT2D eigenvalue weighted by Gasteiger charge is -2.21. The largest absolute Gasteiger partial charge is 0.351 e. The number of hydrogen-bond donors (Lipinski definition) is 2. The highest BCUT2D eigenvalue weighted by Gasteiger charge is 2.16. The SMILES string of the molecule is CN1CCCC(NCCC(=O)NC(C)(C)C)CC1. The lowest BCUT2D eigenvalue weighted by atomic mass is 10.1. The number of likely N-dealkylation sites (tertiary alicyclic amines) is 1. The maximum Gasteiger partial charge on any atom is 0.221 e. The highest BCUT2D eigenvalue weighted by Crippen LogP contribution is 2.09. The van der Waals surface area contributed by atoms with Gasteiger partial charge in [-0.1, -0.05) is 0 Å². The predicted molar refractivity (Wildman–Crippen MR) is 75.7 cm³/mol. The Morgan fingerprint density at radius 1 is 1.28 bits per heavy atom. The molecular formula is C14H29N3O. The molecule has 0 radical (unpaired) electrons. The normalized spacial score (nSPS) is 22.6. The Bertz CT molecular complexity index is 260. The van der Waals surface area contributed by atoms with Gasteiger partial charge in [0.2, 0.25) is 5.91 Å². The summed E-state index contributed by atoms with van der Waals surface area (Å²) in [5.41, 5.74) is -0.123. The first kappa shape index (κ1) is 15.4. The number of amides is 1. The van der Waals surface area contributed by atoms with Crippen LogP contribution >= 0.6 is 0 Å². The van der Waals surface area contributed by atoms with Gasteiger partial charge in [-0.05, 0) is 60.2 Å². The van der Waals surface area contributed by atoms with E-state index in [0.717, 1.165) is 13.1 Å². The minimum Gasteiger partial charge on any atom is -0.351 e. The van der Waals surface area contributed by atoms with Crippen LogP contribution in [0.2, 0.25) is 0 Å². The molecule has 4 nitrogen and oxygen atoms in total. The molecule has 1 amide bonds. The number of nitrogens with zero attached hydrogens (tertiary/aromatic N) is 1. The van der Waals surface area contributed by atoms with Crippen molar-refractivity contribution in [3.8, 4) is 0 Å². The summed E-state index contributed by atoms with van der Waals surface area (Å²) in [6.07, 6.45) is 4.24. The first-order valence-electron chi connectivity index (χ1n) is 7.10. The molecule has 4 heteroatoms. The molecular weight excluding hydrogens is 226 g/mol. The number of nitrogens with one attached hydrogen (secondary N) is 2. The third-order valence-corrected chi connectivity index (χ3v) is 3.25.